The van der Waals surface area contributed by atoms with Crippen LogP contribution in [-0.4, -0.2) is 63.4 Å². The smallest absolute Gasteiger partial charge is 0.459 e. The summed E-state index contributed by atoms with van der Waals surface area (Å²) < 4.78 is 51.7. The Morgan fingerprint density at radius 3 is 2.59 bits per heavy atom. The van der Waals surface area contributed by atoms with Gasteiger partial charge in [0, 0.05) is 0 Å². The number of hydrogen-bond acceptors (Lipinski definition) is 12. The molecule has 2 saturated heterocycles. The zero-order valence-corrected chi connectivity index (χ0v) is 26.1. The second-order valence-electron chi connectivity index (χ2n) is 11.1. The van der Waals surface area contributed by atoms with Crippen LogP contribution in [0.3, 0.4) is 0 Å². The number of esters is 1. The third-order valence-electron chi connectivity index (χ3n) is 7.54. The molecule has 0 saturated carbocycles. The number of benzene rings is 1. The molecule has 2 fully saturated rings. The second kappa shape index (κ2) is 12.4. The van der Waals surface area contributed by atoms with Crippen molar-refractivity contribution in [3.05, 3.63) is 54.5 Å². The Morgan fingerprint density at radius 1 is 1.18 bits per heavy atom. The van der Waals surface area contributed by atoms with Gasteiger partial charge < -0.3 is 29.2 Å². The molecule has 4 heterocycles. The minimum absolute atomic E-state index is 0.222. The van der Waals surface area contributed by atoms with Crippen LogP contribution in [0.2, 0.25) is 0 Å². The van der Waals surface area contributed by atoms with Gasteiger partial charge in [0.15, 0.2) is 11.6 Å². The van der Waals surface area contributed by atoms with Crippen molar-refractivity contribution in [3.63, 3.8) is 0 Å². The molecule has 0 amide bonds. The number of anilines is 1. The highest BCUT2D eigenvalue weighted by molar-refractivity contribution is 7.52. The van der Waals surface area contributed by atoms with E-state index in [4.69, 9.17) is 33.7 Å². The predicted molar refractivity (Wildman–Crippen MR) is 157 cm³/mol. The molecule has 0 unspecified atom stereocenters. The maximum absolute atomic E-state index is 14.2. The lowest BCUT2D eigenvalue weighted by molar-refractivity contribution is -0.204. The van der Waals surface area contributed by atoms with Crippen molar-refractivity contribution in [2.24, 2.45) is 0 Å². The van der Waals surface area contributed by atoms with Crippen molar-refractivity contribution < 1.29 is 37.4 Å². The molecule has 14 nitrogen and oxygen atoms in total. The van der Waals surface area contributed by atoms with Gasteiger partial charge in [0.1, 0.15) is 54.1 Å². The number of nitrogens with two attached hydrogens (primary N) is 1. The summed E-state index contributed by atoms with van der Waals surface area (Å²) in [4.78, 5) is 16.8. The third kappa shape index (κ3) is 6.17. The van der Waals surface area contributed by atoms with Crippen molar-refractivity contribution in [2.75, 3.05) is 12.3 Å². The molecule has 2 aliphatic rings. The lowest BCUT2D eigenvalue weighted by atomic mass is 9.92. The fraction of sp³-hybridized carbons (Fsp3) is 0.517. The minimum atomic E-state index is -4.24. The van der Waals surface area contributed by atoms with Crippen LogP contribution in [0.4, 0.5) is 5.82 Å². The van der Waals surface area contributed by atoms with Gasteiger partial charge in [-0.15, -0.1) is 0 Å². The molecule has 3 N–H and O–H groups in total. The maximum Gasteiger partial charge on any atom is 0.459 e. The van der Waals surface area contributed by atoms with E-state index in [1.165, 1.54) is 17.8 Å². The van der Waals surface area contributed by atoms with Crippen LogP contribution < -0.4 is 15.3 Å². The SMILES string of the molecule is CCC(CC)OC(=O)[C@H](C)N[P@](=O)(OC[C@H]1O[C@@](C#N)(c2ccc3c(N)ncnn23)[C@@H]2OC(C)(C)O[C@@H]21)Oc1ccccc1. The summed E-state index contributed by atoms with van der Waals surface area (Å²) in [6, 6.07) is 13.0. The highest BCUT2D eigenvalue weighted by atomic mass is 31.2. The first-order valence-corrected chi connectivity index (χ1v) is 16.0. The Balaban J connectivity index is 1.43. The van der Waals surface area contributed by atoms with Gasteiger partial charge in [-0.05, 0) is 57.9 Å². The van der Waals surface area contributed by atoms with Gasteiger partial charge in [0.25, 0.3) is 0 Å². The van der Waals surface area contributed by atoms with Crippen molar-refractivity contribution in [2.45, 2.75) is 89.3 Å². The number of fused-ring (bicyclic) bond motifs is 2. The number of aromatic nitrogens is 3. The van der Waals surface area contributed by atoms with Gasteiger partial charge in [-0.25, -0.2) is 14.1 Å². The molecule has 15 heteroatoms. The largest absolute Gasteiger partial charge is 0.461 e. The van der Waals surface area contributed by atoms with Crippen LogP contribution in [0, 0.1) is 11.3 Å². The number of ether oxygens (including phenoxy) is 4. The monoisotopic (exact) mass is 628 g/mol. The van der Waals surface area contributed by atoms with Crippen molar-refractivity contribution >= 4 is 25.1 Å². The van der Waals surface area contributed by atoms with E-state index in [9.17, 15) is 14.6 Å². The number of nitrogens with one attached hydrogen (secondary N) is 1. The minimum Gasteiger partial charge on any atom is -0.461 e. The fourth-order valence-electron chi connectivity index (χ4n) is 5.36. The van der Waals surface area contributed by atoms with Gasteiger partial charge in [-0.3, -0.25) is 9.32 Å². The number of para-hydroxylation sites is 1. The topological polar surface area (TPSA) is 182 Å². The quantitative estimate of drug-likeness (QED) is 0.218. The zero-order chi connectivity index (χ0) is 31.7. The Bertz CT molecular complexity index is 1570. The average molecular weight is 629 g/mol. The third-order valence-corrected chi connectivity index (χ3v) is 9.18. The summed E-state index contributed by atoms with van der Waals surface area (Å²) in [5.41, 5.74) is 5.16. The summed E-state index contributed by atoms with van der Waals surface area (Å²) in [5.74, 6) is -1.20. The summed E-state index contributed by atoms with van der Waals surface area (Å²) in [6.07, 6.45) is -0.401. The van der Waals surface area contributed by atoms with E-state index < -0.39 is 49.5 Å². The molecular weight excluding hydrogens is 591 g/mol. The normalized spacial score (nSPS) is 26.2. The van der Waals surface area contributed by atoms with E-state index in [0.29, 0.717) is 24.1 Å². The standard InChI is InChI=1S/C29H37N6O8P/c1-6-19(7-2)39-27(36)18(3)34-44(37,43-20-11-9-8-10-12-20)38-15-22-24-25(42-28(4,5)41-24)29(16-30,40-22)23-14-13-21-26(31)32-17-33-35(21)23/h8-14,17-19,22,24-25H,6-7,15H2,1-5H3,(H,34,37)(H2,31,32,33)/t18-,22+,24+,25+,29-,44-/m0/s1. The molecule has 5 rings (SSSR count). The summed E-state index contributed by atoms with van der Waals surface area (Å²) in [7, 11) is -4.24. The van der Waals surface area contributed by atoms with Gasteiger partial charge >= 0.3 is 13.7 Å². The van der Waals surface area contributed by atoms with Crippen LogP contribution in [0.1, 0.15) is 53.2 Å². The zero-order valence-electron chi connectivity index (χ0n) is 25.2. The lowest BCUT2D eigenvalue weighted by Gasteiger charge is -2.29. The average Bonchev–Trinajstić information content (AvgIpc) is 3.66. The highest BCUT2D eigenvalue weighted by Gasteiger charge is 2.65. The Hall–Kier alpha value is -3.57. The van der Waals surface area contributed by atoms with Crippen molar-refractivity contribution in [1.29, 1.82) is 5.26 Å². The molecule has 6 atom stereocenters. The number of nitriles is 1. The lowest BCUT2D eigenvalue weighted by Crippen LogP contribution is -2.40. The van der Waals surface area contributed by atoms with Crippen molar-refractivity contribution in [1.82, 2.24) is 19.7 Å². The van der Waals surface area contributed by atoms with E-state index in [-0.39, 0.29) is 24.3 Å². The van der Waals surface area contributed by atoms with Gasteiger partial charge in [0.05, 0.1) is 12.3 Å². The molecule has 44 heavy (non-hydrogen) atoms. The summed E-state index contributed by atoms with van der Waals surface area (Å²) in [5, 5.41) is 17.6. The van der Waals surface area contributed by atoms with E-state index in [1.807, 2.05) is 13.8 Å². The van der Waals surface area contributed by atoms with Crippen LogP contribution in [0.25, 0.3) is 5.52 Å². The molecule has 2 aliphatic heterocycles. The van der Waals surface area contributed by atoms with Crippen LogP contribution in [-0.2, 0) is 38.4 Å². The predicted octanol–water partition coefficient (Wildman–Crippen LogP) is 3.86. The number of nitrogens with zero attached hydrogens (tertiary/aromatic N) is 4. The molecule has 0 bridgehead atoms. The van der Waals surface area contributed by atoms with Gasteiger partial charge in [-0.2, -0.15) is 15.4 Å². The fourth-order valence-corrected chi connectivity index (χ4v) is 6.86. The van der Waals surface area contributed by atoms with Crippen LogP contribution in [0.5, 0.6) is 5.75 Å². The van der Waals surface area contributed by atoms with Crippen LogP contribution in [0.15, 0.2) is 48.8 Å². The first-order chi connectivity index (χ1) is 20.9. The Kier molecular flexibility index (Phi) is 9.00. The molecule has 236 valence electrons. The molecule has 3 aromatic rings. The molecule has 0 radical (unpaired) electrons. The highest BCUT2D eigenvalue weighted by Crippen LogP contribution is 2.51. The summed E-state index contributed by atoms with van der Waals surface area (Å²) in [6.45, 7) is 8.43. The van der Waals surface area contributed by atoms with E-state index in [2.05, 4.69) is 21.2 Å². The van der Waals surface area contributed by atoms with Gasteiger partial charge in [0.2, 0.25) is 5.60 Å². The molecule has 0 spiro atoms. The van der Waals surface area contributed by atoms with E-state index in [1.54, 1.807) is 56.3 Å². The summed E-state index contributed by atoms with van der Waals surface area (Å²) >= 11 is 0. The number of rotatable bonds is 12. The number of carbonyl (C=O) groups excluding carboxylic acids is 1. The molecule has 0 aliphatic carbocycles. The Labute approximate surface area is 255 Å². The maximum atomic E-state index is 14.2. The van der Waals surface area contributed by atoms with Crippen molar-refractivity contribution in [3.8, 4) is 11.8 Å². The number of carbonyl (C=O) groups is 1. The van der Waals surface area contributed by atoms with E-state index >= 15 is 0 Å². The van der Waals surface area contributed by atoms with Crippen LogP contribution >= 0.6 is 7.75 Å². The van der Waals surface area contributed by atoms with Gasteiger partial charge in [-0.1, -0.05) is 32.0 Å². The second-order valence-corrected chi connectivity index (χ2v) is 12.8. The number of hydrogen-bond donors (Lipinski definition) is 2. The number of nitrogen functional groups attached to an aromatic ring is 1. The molecular formula is C29H37N6O8P. The first-order valence-electron chi connectivity index (χ1n) is 14.4. The molecule has 1 aromatic carbocycles. The first kappa shape index (κ1) is 31.8. The van der Waals surface area contributed by atoms with E-state index in [0.717, 1.165) is 0 Å². The Morgan fingerprint density at radius 2 is 1.91 bits per heavy atom. The molecule has 2 aromatic heterocycles.